The van der Waals surface area contributed by atoms with Crippen LogP contribution >= 0.6 is 12.2 Å². The summed E-state index contributed by atoms with van der Waals surface area (Å²) >= 11 is 5.38. The first-order valence-corrected chi connectivity index (χ1v) is 11.1. The highest BCUT2D eigenvalue weighted by molar-refractivity contribution is 7.71. The third kappa shape index (κ3) is 5.86. The fourth-order valence-electron chi connectivity index (χ4n) is 3.48. The first kappa shape index (κ1) is 23.3. The van der Waals surface area contributed by atoms with Crippen LogP contribution in [0.4, 0.5) is 0 Å². The van der Waals surface area contributed by atoms with E-state index in [9.17, 15) is 4.79 Å². The predicted octanol–water partition coefficient (Wildman–Crippen LogP) is 3.72. The molecule has 0 bridgehead atoms. The number of aromatic nitrogens is 2. The molecular formula is C22H32N4O4S. The Morgan fingerprint density at radius 3 is 2.35 bits per heavy atom. The van der Waals surface area contributed by atoms with E-state index in [1.54, 1.807) is 25.0 Å². The number of nitrogens with one attached hydrogen (secondary N) is 1. The molecule has 1 aliphatic rings. The Kier molecular flexibility index (Phi) is 7.72. The molecule has 1 fully saturated rings. The van der Waals surface area contributed by atoms with E-state index in [4.69, 9.17) is 26.1 Å². The van der Waals surface area contributed by atoms with Crippen molar-refractivity contribution in [2.45, 2.75) is 46.3 Å². The van der Waals surface area contributed by atoms with Gasteiger partial charge < -0.3 is 19.2 Å². The lowest BCUT2D eigenvalue weighted by molar-refractivity contribution is -0.127. The molecule has 2 heterocycles. The minimum absolute atomic E-state index is 0.0579. The van der Waals surface area contributed by atoms with Gasteiger partial charge in [0.15, 0.2) is 0 Å². The topological polar surface area (TPSA) is 81.8 Å². The average molecular weight is 449 g/mol. The van der Waals surface area contributed by atoms with E-state index >= 15 is 0 Å². The van der Waals surface area contributed by atoms with Gasteiger partial charge in [0, 0.05) is 36.7 Å². The molecule has 1 amide bonds. The Morgan fingerprint density at radius 1 is 1.19 bits per heavy atom. The van der Waals surface area contributed by atoms with Gasteiger partial charge in [-0.05, 0) is 50.0 Å². The summed E-state index contributed by atoms with van der Waals surface area (Å²) in [6, 6.07) is 5.63. The Morgan fingerprint density at radius 2 is 1.81 bits per heavy atom. The number of piperidine rings is 1. The lowest BCUT2D eigenvalue weighted by Crippen LogP contribution is -2.44. The minimum Gasteiger partial charge on any atom is -0.497 e. The molecule has 1 aromatic carbocycles. The van der Waals surface area contributed by atoms with Gasteiger partial charge >= 0.3 is 0 Å². The van der Waals surface area contributed by atoms with Gasteiger partial charge in [-0.25, -0.2) is 4.68 Å². The molecule has 31 heavy (non-hydrogen) atoms. The quantitative estimate of drug-likeness (QED) is 0.616. The number of likely N-dealkylation sites (tertiary alicyclic amines) is 1. The first-order chi connectivity index (χ1) is 14.8. The van der Waals surface area contributed by atoms with E-state index in [1.165, 1.54) is 0 Å². The van der Waals surface area contributed by atoms with Crippen molar-refractivity contribution < 1.29 is 18.7 Å². The zero-order valence-corrected chi connectivity index (χ0v) is 19.7. The van der Waals surface area contributed by atoms with Crippen molar-refractivity contribution in [1.82, 2.24) is 20.0 Å². The fourth-order valence-corrected chi connectivity index (χ4v) is 3.66. The molecule has 1 saturated heterocycles. The molecule has 9 heteroatoms. The molecule has 8 nitrogen and oxygen atoms in total. The van der Waals surface area contributed by atoms with Crippen LogP contribution < -0.4 is 14.8 Å². The number of carbonyl (C=O) groups is 1. The highest BCUT2D eigenvalue weighted by atomic mass is 32.1. The molecule has 1 N–H and O–H groups in total. The van der Waals surface area contributed by atoms with Crippen molar-refractivity contribution in [3.8, 4) is 23.0 Å². The second-order valence-electron chi connectivity index (χ2n) is 8.35. The Balaban J connectivity index is 1.62. The zero-order valence-electron chi connectivity index (χ0n) is 18.9. The maximum atomic E-state index is 12.5. The van der Waals surface area contributed by atoms with Crippen molar-refractivity contribution in [3.05, 3.63) is 23.0 Å². The van der Waals surface area contributed by atoms with Gasteiger partial charge in [0.2, 0.25) is 11.8 Å². The third-order valence-electron chi connectivity index (χ3n) is 5.87. The van der Waals surface area contributed by atoms with Crippen molar-refractivity contribution >= 4 is 18.1 Å². The molecule has 2 aromatic rings. The van der Waals surface area contributed by atoms with Crippen LogP contribution in [-0.2, 0) is 11.5 Å². The number of hydrogen-bond donors (Lipinski definition) is 1. The molecular weight excluding hydrogens is 416 g/mol. The summed E-state index contributed by atoms with van der Waals surface area (Å²) in [5.41, 5.74) is 0.732. The molecule has 1 atom stereocenters. The second kappa shape index (κ2) is 10.3. The van der Waals surface area contributed by atoms with Crippen LogP contribution in [0.5, 0.6) is 11.5 Å². The molecule has 1 aliphatic heterocycles. The first-order valence-electron chi connectivity index (χ1n) is 10.6. The van der Waals surface area contributed by atoms with Crippen molar-refractivity contribution in [3.63, 3.8) is 0 Å². The summed E-state index contributed by atoms with van der Waals surface area (Å²) in [7, 11) is 3.19. The van der Waals surface area contributed by atoms with E-state index in [1.807, 2.05) is 12.1 Å². The van der Waals surface area contributed by atoms with E-state index in [0.29, 0.717) is 34.8 Å². The summed E-state index contributed by atoms with van der Waals surface area (Å²) in [5, 5.41) is 7.69. The Bertz CT molecular complexity index is 925. The fraction of sp³-hybridized carbons (Fsp3) is 0.591. The van der Waals surface area contributed by atoms with Crippen LogP contribution in [-0.4, -0.2) is 53.9 Å². The second-order valence-corrected chi connectivity index (χ2v) is 8.70. The van der Waals surface area contributed by atoms with E-state index in [0.717, 1.165) is 31.5 Å². The predicted molar refractivity (Wildman–Crippen MR) is 121 cm³/mol. The van der Waals surface area contributed by atoms with E-state index in [-0.39, 0.29) is 17.9 Å². The monoisotopic (exact) mass is 448 g/mol. The van der Waals surface area contributed by atoms with E-state index < -0.39 is 0 Å². The summed E-state index contributed by atoms with van der Waals surface area (Å²) < 4.78 is 18.1. The van der Waals surface area contributed by atoms with Crippen molar-refractivity contribution in [2.75, 3.05) is 27.3 Å². The van der Waals surface area contributed by atoms with Crippen LogP contribution in [0.1, 0.15) is 33.6 Å². The molecule has 0 spiro atoms. The van der Waals surface area contributed by atoms with Crippen LogP contribution in [0.3, 0.4) is 0 Å². The van der Waals surface area contributed by atoms with E-state index in [2.05, 4.69) is 36.1 Å². The molecule has 3 rings (SSSR count). The standard InChI is InChI=1S/C22H32N4O4S/c1-14(2)15(3)23-20(27)16-6-8-25(9-7-16)13-26-22(31)30-21(24-26)17-10-18(28-4)12-19(11-17)29-5/h10-12,14-16H,6-9,13H2,1-5H3,(H,23,27). The minimum atomic E-state index is 0.0579. The third-order valence-corrected chi connectivity index (χ3v) is 6.16. The van der Waals surface area contributed by atoms with Gasteiger partial charge in [0.25, 0.3) is 4.84 Å². The number of ether oxygens (including phenoxy) is 2. The van der Waals surface area contributed by atoms with Gasteiger partial charge in [0.05, 0.1) is 20.9 Å². The number of benzene rings is 1. The maximum absolute atomic E-state index is 12.5. The number of hydrogen-bond acceptors (Lipinski definition) is 7. The smallest absolute Gasteiger partial charge is 0.288 e. The number of amides is 1. The Hall–Kier alpha value is -2.39. The number of nitrogens with zero attached hydrogens (tertiary/aromatic N) is 3. The summed E-state index contributed by atoms with van der Waals surface area (Å²) in [6.45, 7) is 8.44. The van der Waals surface area contributed by atoms with Crippen LogP contribution in [0, 0.1) is 16.7 Å². The van der Waals surface area contributed by atoms with Gasteiger partial charge in [-0.1, -0.05) is 13.8 Å². The van der Waals surface area contributed by atoms with Crippen molar-refractivity contribution in [2.24, 2.45) is 11.8 Å². The highest BCUT2D eigenvalue weighted by Gasteiger charge is 2.26. The lowest BCUT2D eigenvalue weighted by atomic mass is 9.95. The van der Waals surface area contributed by atoms with Gasteiger partial charge in [-0.3, -0.25) is 9.69 Å². The van der Waals surface area contributed by atoms with Gasteiger partial charge in [-0.2, -0.15) is 0 Å². The summed E-state index contributed by atoms with van der Waals surface area (Å²) in [4.78, 5) is 15.0. The Labute approximate surface area is 188 Å². The zero-order chi connectivity index (χ0) is 22.5. The highest BCUT2D eigenvalue weighted by Crippen LogP contribution is 2.29. The maximum Gasteiger partial charge on any atom is 0.288 e. The lowest BCUT2D eigenvalue weighted by Gasteiger charge is -2.31. The van der Waals surface area contributed by atoms with Crippen molar-refractivity contribution in [1.29, 1.82) is 0 Å². The van der Waals surface area contributed by atoms with Gasteiger partial charge in [-0.15, -0.1) is 5.10 Å². The number of carbonyl (C=O) groups excluding carboxylic acids is 1. The van der Waals surface area contributed by atoms with Crippen LogP contribution in [0.2, 0.25) is 0 Å². The SMILES string of the molecule is COc1cc(OC)cc(-c2nn(CN3CCC(C(=O)NC(C)C(C)C)CC3)c(=S)o2)c1. The van der Waals surface area contributed by atoms with Crippen LogP contribution in [0.25, 0.3) is 11.5 Å². The molecule has 1 unspecified atom stereocenters. The number of rotatable bonds is 8. The summed E-state index contributed by atoms with van der Waals surface area (Å²) in [6.07, 6.45) is 1.64. The average Bonchev–Trinajstić information content (AvgIpc) is 3.13. The molecule has 0 aliphatic carbocycles. The number of methoxy groups -OCH3 is 2. The largest absolute Gasteiger partial charge is 0.497 e. The molecule has 1 aromatic heterocycles. The van der Waals surface area contributed by atoms with Crippen LogP contribution in [0.15, 0.2) is 22.6 Å². The molecule has 0 saturated carbocycles. The normalized spacial score (nSPS) is 16.3. The summed E-state index contributed by atoms with van der Waals surface area (Å²) in [5.74, 6) is 2.36. The van der Waals surface area contributed by atoms with Gasteiger partial charge in [0.1, 0.15) is 11.5 Å². The molecule has 170 valence electrons. The molecule has 0 radical (unpaired) electrons.